The Morgan fingerprint density at radius 3 is 2.69 bits per heavy atom. The van der Waals surface area contributed by atoms with Gasteiger partial charge in [0, 0.05) is 24.0 Å². The van der Waals surface area contributed by atoms with Crippen molar-refractivity contribution in [2.45, 2.75) is 50.6 Å². The van der Waals surface area contributed by atoms with Gasteiger partial charge in [-0.1, -0.05) is 36.8 Å². The second-order valence-electron chi connectivity index (χ2n) is 7.48. The van der Waals surface area contributed by atoms with E-state index in [2.05, 4.69) is 61.1 Å². The normalized spacial score (nSPS) is 19.3. The molecule has 2 unspecified atom stereocenters. The van der Waals surface area contributed by atoms with E-state index in [1.807, 2.05) is 12.1 Å². The molecule has 1 saturated carbocycles. The van der Waals surface area contributed by atoms with Gasteiger partial charge in [0.05, 0.1) is 6.54 Å². The Balaban J connectivity index is 1.24. The number of aromatic nitrogens is 4. The van der Waals surface area contributed by atoms with Crippen LogP contribution in [0.4, 0.5) is 4.79 Å². The van der Waals surface area contributed by atoms with Gasteiger partial charge in [-0.2, -0.15) is 5.10 Å². The van der Waals surface area contributed by atoms with E-state index < -0.39 is 0 Å². The lowest BCUT2D eigenvalue weighted by atomic mass is 9.92. The number of urea groups is 1. The Kier molecular flexibility index (Phi) is 6.14. The highest BCUT2D eigenvalue weighted by atomic mass is 16.2. The zero-order valence-corrected chi connectivity index (χ0v) is 16.3. The van der Waals surface area contributed by atoms with Crippen molar-refractivity contribution in [1.29, 1.82) is 0 Å². The molecule has 3 aromatic rings. The van der Waals surface area contributed by atoms with Crippen molar-refractivity contribution in [2.75, 3.05) is 0 Å². The number of hydrogen-bond acceptors (Lipinski definition) is 4. The van der Waals surface area contributed by atoms with Crippen LogP contribution in [0.15, 0.2) is 54.9 Å². The fourth-order valence-electron chi connectivity index (χ4n) is 3.91. The third-order valence-electron chi connectivity index (χ3n) is 5.46. The number of benzene rings is 1. The van der Waals surface area contributed by atoms with Crippen LogP contribution in [0.5, 0.6) is 0 Å². The monoisotopic (exact) mass is 390 g/mol. The zero-order chi connectivity index (χ0) is 19.9. The summed E-state index contributed by atoms with van der Waals surface area (Å²) in [5.41, 5.74) is 2.30. The van der Waals surface area contributed by atoms with E-state index in [-0.39, 0.29) is 12.1 Å². The highest BCUT2D eigenvalue weighted by Crippen LogP contribution is 2.31. The Labute approximate surface area is 170 Å². The molecule has 2 amide bonds. The summed E-state index contributed by atoms with van der Waals surface area (Å²) in [6, 6.07) is 14.4. The first kappa shape index (κ1) is 19.1. The number of carbonyl (C=O) groups is 1. The van der Waals surface area contributed by atoms with Gasteiger partial charge < -0.3 is 10.6 Å². The van der Waals surface area contributed by atoms with Gasteiger partial charge in [-0.05, 0) is 49.3 Å². The van der Waals surface area contributed by atoms with E-state index in [9.17, 15) is 4.79 Å². The summed E-state index contributed by atoms with van der Waals surface area (Å²) in [5, 5.41) is 13.1. The lowest BCUT2D eigenvalue weighted by Gasteiger charge is -2.17. The van der Waals surface area contributed by atoms with Crippen molar-refractivity contribution in [1.82, 2.24) is 30.8 Å². The molecule has 7 heteroatoms. The van der Waals surface area contributed by atoms with Crippen LogP contribution in [-0.4, -0.2) is 32.2 Å². The van der Waals surface area contributed by atoms with Gasteiger partial charge in [0.1, 0.15) is 5.82 Å². The van der Waals surface area contributed by atoms with Crippen LogP contribution < -0.4 is 10.6 Å². The molecule has 2 atom stereocenters. The smallest absolute Gasteiger partial charge is 0.315 e. The molecule has 1 aliphatic carbocycles. The third kappa shape index (κ3) is 5.19. The molecule has 29 heavy (non-hydrogen) atoms. The average molecular weight is 390 g/mol. The molecule has 4 rings (SSSR count). The second-order valence-corrected chi connectivity index (χ2v) is 7.48. The predicted octanol–water partition coefficient (Wildman–Crippen LogP) is 3.78. The van der Waals surface area contributed by atoms with E-state index in [0.717, 1.165) is 31.2 Å². The number of hydrogen-bond donors (Lipinski definition) is 3. The van der Waals surface area contributed by atoms with Crippen LogP contribution in [-0.2, 0) is 6.54 Å². The number of carbonyl (C=O) groups excluding carboxylic acids is 1. The topological polar surface area (TPSA) is 95.6 Å². The summed E-state index contributed by atoms with van der Waals surface area (Å²) >= 11 is 0. The highest BCUT2D eigenvalue weighted by Gasteiger charge is 2.21. The van der Waals surface area contributed by atoms with E-state index in [1.165, 1.54) is 12.0 Å². The molecule has 2 aromatic heterocycles. The molecule has 7 nitrogen and oxygen atoms in total. The van der Waals surface area contributed by atoms with Crippen LogP contribution in [0.3, 0.4) is 0 Å². The molecule has 0 aliphatic heterocycles. The third-order valence-corrected chi connectivity index (χ3v) is 5.46. The maximum Gasteiger partial charge on any atom is 0.315 e. The predicted molar refractivity (Wildman–Crippen MR) is 111 cm³/mol. The summed E-state index contributed by atoms with van der Waals surface area (Å²) < 4.78 is 0. The first-order valence-electron chi connectivity index (χ1n) is 10.2. The number of nitrogens with one attached hydrogen (secondary N) is 3. The highest BCUT2D eigenvalue weighted by molar-refractivity contribution is 5.74. The first-order valence-corrected chi connectivity index (χ1v) is 10.2. The minimum Gasteiger partial charge on any atom is -0.335 e. The van der Waals surface area contributed by atoms with Crippen LogP contribution in [0.1, 0.15) is 49.4 Å². The minimum atomic E-state index is -0.157. The van der Waals surface area contributed by atoms with E-state index >= 15 is 0 Å². The van der Waals surface area contributed by atoms with Crippen LogP contribution in [0, 0.1) is 0 Å². The van der Waals surface area contributed by atoms with Crippen LogP contribution >= 0.6 is 0 Å². The lowest BCUT2D eigenvalue weighted by molar-refractivity contribution is 0.235. The van der Waals surface area contributed by atoms with E-state index in [0.29, 0.717) is 24.1 Å². The van der Waals surface area contributed by atoms with E-state index in [1.54, 1.807) is 12.4 Å². The molecule has 0 spiro atoms. The summed E-state index contributed by atoms with van der Waals surface area (Å²) in [5.74, 6) is 1.81. The molecule has 0 bridgehead atoms. The SMILES string of the molecule is O=C(NCc1nc(-c2ccncc2)n[nH]1)NC1CCCC(c2ccccc2)CC1. The Hall–Kier alpha value is -3.22. The van der Waals surface area contributed by atoms with Crippen molar-refractivity contribution in [3.05, 3.63) is 66.2 Å². The molecule has 1 fully saturated rings. The van der Waals surface area contributed by atoms with Crippen LogP contribution in [0.25, 0.3) is 11.4 Å². The summed E-state index contributed by atoms with van der Waals surface area (Å²) in [6.45, 7) is 0.309. The summed E-state index contributed by atoms with van der Waals surface area (Å²) in [6.07, 6.45) is 8.83. The number of H-pyrrole nitrogens is 1. The Bertz CT molecular complexity index is 911. The number of rotatable bonds is 5. The summed E-state index contributed by atoms with van der Waals surface area (Å²) in [7, 11) is 0. The van der Waals surface area contributed by atoms with Gasteiger partial charge in [-0.15, -0.1) is 0 Å². The quantitative estimate of drug-likeness (QED) is 0.578. The van der Waals surface area contributed by atoms with Gasteiger partial charge in [-0.3, -0.25) is 10.1 Å². The molecule has 1 aromatic carbocycles. The molecule has 1 aliphatic rings. The fraction of sp³-hybridized carbons (Fsp3) is 0.364. The van der Waals surface area contributed by atoms with Crippen molar-refractivity contribution in [3.8, 4) is 11.4 Å². The van der Waals surface area contributed by atoms with Gasteiger partial charge in [0.25, 0.3) is 0 Å². The van der Waals surface area contributed by atoms with Crippen molar-refractivity contribution >= 4 is 6.03 Å². The van der Waals surface area contributed by atoms with Crippen molar-refractivity contribution in [3.63, 3.8) is 0 Å². The first-order chi connectivity index (χ1) is 14.3. The van der Waals surface area contributed by atoms with Gasteiger partial charge in [0.15, 0.2) is 5.82 Å². The zero-order valence-electron chi connectivity index (χ0n) is 16.3. The fourth-order valence-corrected chi connectivity index (χ4v) is 3.91. The maximum absolute atomic E-state index is 12.3. The Morgan fingerprint density at radius 2 is 1.86 bits per heavy atom. The second kappa shape index (κ2) is 9.32. The standard InChI is InChI=1S/C22H26N6O/c29-22(24-15-20-26-21(28-27-20)18-11-13-23-14-12-18)25-19-8-4-7-17(9-10-19)16-5-2-1-3-6-16/h1-3,5-6,11-14,17,19H,4,7-10,15H2,(H2,24,25,29)(H,26,27,28). The number of aromatic amines is 1. The van der Waals surface area contributed by atoms with Crippen LogP contribution in [0.2, 0.25) is 0 Å². The average Bonchev–Trinajstić information content (AvgIpc) is 3.13. The van der Waals surface area contributed by atoms with Gasteiger partial charge in [0.2, 0.25) is 0 Å². The maximum atomic E-state index is 12.3. The molecule has 0 radical (unpaired) electrons. The largest absolute Gasteiger partial charge is 0.335 e. The van der Waals surface area contributed by atoms with Crippen molar-refractivity contribution < 1.29 is 4.79 Å². The molecule has 0 saturated heterocycles. The molecule has 3 N–H and O–H groups in total. The Morgan fingerprint density at radius 1 is 1.03 bits per heavy atom. The summed E-state index contributed by atoms with van der Waals surface area (Å²) in [4.78, 5) is 20.7. The molecular formula is C22H26N6O. The molecule has 150 valence electrons. The number of pyridine rings is 1. The molecular weight excluding hydrogens is 364 g/mol. The van der Waals surface area contributed by atoms with Gasteiger partial charge >= 0.3 is 6.03 Å². The molecule has 2 heterocycles. The van der Waals surface area contributed by atoms with E-state index in [4.69, 9.17) is 0 Å². The minimum absolute atomic E-state index is 0.157. The van der Waals surface area contributed by atoms with Crippen molar-refractivity contribution in [2.24, 2.45) is 0 Å². The lowest BCUT2D eigenvalue weighted by Crippen LogP contribution is -2.41. The van der Waals surface area contributed by atoms with Gasteiger partial charge in [-0.25, -0.2) is 9.78 Å². The number of nitrogens with zero attached hydrogens (tertiary/aromatic N) is 3. The number of amides is 2.